The van der Waals surface area contributed by atoms with Gasteiger partial charge in [0.15, 0.2) is 11.6 Å². The number of rotatable bonds is 8. The summed E-state index contributed by atoms with van der Waals surface area (Å²) in [6, 6.07) is 2.96. The monoisotopic (exact) mass is 346 g/mol. The minimum Gasteiger partial charge on any atom is -0.493 e. The number of alkyl halides is 3. The van der Waals surface area contributed by atoms with Crippen LogP contribution in [0.1, 0.15) is 31.4 Å². The maximum absolute atomic E-state index is 13.7. The lowest BCUT2D eigenvalue weighted by molar-refractivity contribution is 0.0434. The topological polar surface area (TPSA) is 82.3 Å². The summed E-state index contributed by atoms with van der Waals surface area (Å²) in [6.07, 6.45) is -5.93. The van der Waals surface area contributed by atoms with Gasteiger partial charge in [-0.05, 0) is 36.4 Å². The quantitative estimate of drug-likeness (QED) is 0.789. The molecule has 1 N–H and O–H groups in total. The van der Waals surface area contributed by atoms with Crippen LogP contribution in [0.2, 0.25) is 0 Å². The minimum atomic E-state index is -3.27. The zero-order valence-electron chi connectivity index (χ0n) is 13.1. The van der Waals surface area contributed by atoms with Crippen LogP contribution in [0.4, 0.5) is 13.2 Å². The van der Waals surface area contributed by atoms with Gasteiger partial charge < -0.3 is 14.6 Å². The second-order valence-electron chi connectivity index (χ2n) is 4.60. The summed E-state index contributed by atoms with van der Waals surface area (Å²) in [4.78, 5) is 0. The first kappa shape index (κ1) is 18.0. The molecule has 24 heavy (non-hydrogen) atoms. The maximum atomic E-state index is 13.7. The first-order chi connectivity index (χ1) is 11.5. The van der Waals surface area contributed by atoms with Crippen molar-refractivity contribution in [2.45, 2.75) is 33.1 Å². The van der Waals surface area contributed by atoms with Gasteiger partial charge in [-0.1, -0.05) is 0 Å². The average molecular weight is 346 g/mol. The molecule has 1 heterocycles. The van der Waals surface area contributed by atoms with Crippen molar-refractivity contribution in [2.75, 3.05) is 13.2 Å². The van der Waals surface area contributed by atoms with Gasteiger partial charge in [0.05, 0.1) is 25.4 Å². The van der Waals surface area contributed by atoms with Crippen LogP contribution in [0, 0.1) is 0 Å². The van der Waals surface area contributed by atoms with Crippen molar-refractivity contribution < 1.29 is 27.8 Å². The van der Waals surface area contributed by atoms with Gasteiger partial charge in [0.1, 0.15) is 11.4 Å². The van der Waals surface area contributed by atoms with E-state index in [9.17, 15) is 18.3 Å². The van der Waals surface area contributed by atoms with Crippen LogP contribution in [0.25, 0.3) is 5.69 Å². The Bertz CT molecular complexity index is 681. The summed E-state index contributed by atoms with van der Waals surface area (Å²) in [5.41, 5.74) is 0.428. The molecule has 0 aliphatic rings. The number of benzene rings is 1. The average Bonchev–Trinajstić information content (AvgIpc) is 3.04. The van der Waals surface area contributed by atoms with Gasteiger partial charge >= 0.3 is 0 Å². The van der Waals surface area contributed by atoms with Crippen molar-refractivity contribution in [3.8, 4) is 17.2 Å². The third kappa shape index (κ3) is 3.42. The molecule has 10 heteroatoms. The first-order valence-corrected chi connectivity index (χ1v) is 7.28. The fourth-order valence-electron chi connectivity index (χ4n) is 2.16. The lowest BCUT2D eigenvalue weighted by Gasteiger charge is -2.18. The molecule has 1 aromatic carbocycles. The van der Waals surface area contributed by atoms with E-state index in [1.165, 1.54) is 12.1 Å². The molecule has 1 atom stereocenters. The van der Waals surface area contributed by atoms with Crippen molar-refractivity contribution in [3.63, 3.8) is 0 Å². The largest absolute Gasteiger partial charge is 0.493 e. The predicted molar refractivity (Wildman–Crippen MR) is 77.3 cm³/mol. The number of hydrogen-bond acceptors (Lipinski definition) is 6. The highest BCUT2D eigenvalue weighted by molar-refractivity contribution is 5.57. The molecule has 0 fully saturated rings. The second-order valence-corrected chi connectivity index (χ2v) is 4.60. The summed E-state index contributed by atoms with van der Waals surface area (Å²) < 4.78 is 50.8. The molecular weight excluding hydrogens is 329 g/mol. The standard InChI is InChI=1S/C14H17F3N4O3/c1-3-23-10-6-5-9(12(24-4-2)8(10)7-22)21-14(18-19-20-21)11(15)13(16)17/h5-6,11,13,22H,3-4,7H2,1-2H3. The van der Waals surface area contributed by atoms with Crippen molar-refractivity contribution in [3.05, 3.63) is 23.5 Å². The third-order valence-corrected chi connectivity index (χ3v) is 3.13. The molecule has 0 spiro atoms. The van der Waals surface area contributed by atoms with Gasteiger partial charge in [-0.15, -0.1) is 5.10 Å². The summed E-state index contributed by atoms with van der Waals surface area (Å²) in [5.74, 6) is -0.146. The SMILES string of the molecule is CCOc1ccc(-n2nnnc2C(F)C(F)F)c(OCC)c1CO. The molecule has 0 radical (unpaired) electrons. The Morgan fingerprint density at radius 3 is 2.46 bits per heavy atom. The molecule has 2 rings (SSSR count). The molecule has 0 saturated heterocycles. The molecule has 1 unspecified atom stereocenters. The highest BCUT2D eigenvalue weighted by Gasteiger charge is 2.30. The Labute approximate surface area is 136 Å². The molecule has 0 aliphatic heterocycles. The number of tetrazole rings is 1. The van der Waals surface area contributed by atoms with Gasteiger partial charge in [0.2, 0.25) is 6.17 Å². The van der Waals surface area contributed by atoms with E-state index in [-0.39, 0.29) is 18.0 Å². The third-order valence-electron chi connectivity index (χ3n) is 3.13. The van der Waals surface area contributed by atoms with Gasteiger partial charge in [-0.2, -0.15) is 4.68 Å². The smallest absolute Gasteiger partial charge is 0.276 e. The maximum Gasteiger partial charge on any atom is 0.276 e. The number of nitrogens with zero attached hydrogens (tertiary/aromatic N) is 4. The number of ether oxygens (including phenoxy) is 2. The highest BCUT2D eigenvalue weighted by Crippen LogP contribution is 2.36. The summed E-state index contributed by atoms with van der Waals surface area (Å²) >= 11 is 0. The molecule has 132 valence electrons. The van der Waals surface area contributed by atoms with Crippen LogP contribution in [0.5, 0.6) is 11.5 Å². The van der Waals surface area contributed by atoms with Crippen LogP contribution in [-0.4, -0.2) is 45.0 Å². The number of aromatic nitrogens is 4. The Morgan fingerprint density at radius 2 is 1.88 bits per heavy atom. The Balaban J connectivity index is 2.61. The lowest BCUT2D eigenvalue weighted by atomic mass is 10.1. The molecule has 1 aromatic heterocycles. The van der Waals surface area contributed by atoms with Crippen molar-refractivity contribution >= 4 is 0 Å². The Hall–Kier alpha value is -2.36. The second kappa shape index (κ2) is 7.95. The summed E-state index contributed by atoms with van der Waals surface area (Å²) in [7, 11) is 0. The van der Waals surface area contributed by atoms with E-state index in [1.807, 2.05) is 0 Å². The van der Waals surface area contributed by atoms with Crippen molar-refractivity contribution in [1.29, 1.82) is 0 Å². The van der Waals surface area contributed by atoms with Gasteiger partial charge in [-0.3, -0.25) is 0 Å². The van der Waals surface area contributed by atoms with Gasteiger partial charge in [0, 0.05) is 0 Å². The first-order valence-electron chi connectivity index (χ1n) is 7.28. The summed E-state index contributed by atoms with van der Waals surface area (Å²) in [6.45, 7) is 3.62. The van der Waals surface area contributed by atoms with E-state index in [0.29, 0.717) is 17.9 Å². The Kier molecular flexibility index (Phi) is 5.96. The van der Waals surface area contributed by atoms with Crippen LogP contribution >= 0.6 is 0 Å². The zero-order valence-corrected chi connectivity index (χ0v) is 13.1. The Morgan fingerprint density at radius 1 is 1.17 bits per heavy atom. The van der Waals surface area contributed by atoms with Gasteiger partial charge in [0.25, 0.3) is 6.43 Å². The highest BCUT2D eigenvalue weighted by atomic mass is 19.3. The molecule has 0 bridgehead atoms. The van der Waals surface area contributed by atoms with Crippen LogP contribution in [0.3, 0.4) is 0 Å². The number of hydrogen-bond donors (Lipinski definition) is 1. The minimum absolute atomic E-state index is 0.132. The number of aliphatic hydroxyl groups is 1. The number of halogens is 3. The van der Waals surface area contributed by atoms with E-state index in [4.69, 9.17) is 9.47 Å². The molecule has 0 amide bonds. The van der Waals surface area contributed by atoms with Crippen molar-refractivity contribution in [1.82, 2.24) is 20.2 Å². The van der Waals surface area contributed by atoms with Crippen molar-refractivity contribution in [2.24, 2.45) is 0 Å². The predicted octanol–water partition coefficient (Wildman–Crippen LogP) is 2.23. The van der Waals surface area contributed by atoms with E-state index in [2.05, 4.69) is 15.5 Å². The molecule has 0 aliphatic carbocycles. The number of aliphatic hydroxyl groups excluding tert-OH is 1. The fraction of sp³-hybridized carbons (Fsp3) is 0.500. The lowest BCUT2D eigenvalue weighted by Crippen LogP contribution is -2.14. The molecule has 0 saturated carbocycles. The van der Waals surface area contributed by atoms with Crippen LogP contribution in [0.15, 0.2) is 12.1 Å². The summed E-state index contributed by atoms with van der Waals surface area (Å²) in [5, 5.41) is 19.8. The molecule has 7 nitrogen and oxygen atoms in total. The van der Waals surface area contributed by atoms with E-state index in [1.54, 1.807) is 13.8 Å². The normalized spacial score (nSPS) is 12.5. The van der Waals surface area contributed by atoms with Crippen LogP contribution in [-0.2, 0) is 6.61 Å². The fourth-order valence-corrected chi connectivity index (χ4v) is 2.16. The van der Waals surface area contributed by atoms with Gasteiger partial charge in [-0.25, -0.2) is 13.2 Å². The van der Waals surface area contributed by atoms with E-state index >= 15 is 0 Å². The molecular formula is C14H17F3N4O3. The van der Waals surface area contributed by atoms with E-state index in [0.717, 1.165) is 4.68 Å². The molecule has 2 aromatic rings. The van der Waals surface area contributed by atoms with Crippen LogP contribution < -0.4 is 9.47 Å². The zero-order chi connectivity index (χ0) is 17.7. The van der Waals surface area contributed by atoms with E-state index < -0.39 is 25.0 Å².